The molecule has 0 saturated carbocycles. The zero-order valence-electron chi connectivity index (χ0n) is 14.4. The minimum atomic E-state index is 0.319. The van der Waals surface area contributed by atoms with Gasteiger partial charge in [-0.3, -0.25) is 4.79 Å². The molecule has 1 aliphatic rings. The maximum Gasteiger partial charge on any atom is 0.222 e. The van der Waals surface area contributed by atoms with Crippen molar-refractivity contribution in [3.8, 4) is 5.75 Å². The van der Waals surface area contributed by atoms with Crippen LogP contribution in [0.25, 0.3) is 0 Å². The van der Waals surface area contributed by atoms with Gasteiger partial charge < -0.3 is 15.0 Å². The van der Waals surface area contributed by atoms with Crippen LogP contribution in [0, 0.1) is 0 Å². The number of rotatable bonds is 11. The van der Waals surface area contributed by atoms with Gasteiger partial charge in [0.2, 0.25) is 5.91 Å². The highest BCUT2D eigenvalue weighted by molar-refractivity contribution is 5.77. The van der Waals surface area contributed by atoms with Crippen molar-refractivity contribution in [1.29, 1.82) is 0 Å². The number of likely N-dealkylation sites (tertiary alicyclic amines) is 1. The second-order valence-corrected chi connectivity index (χ2v) is 6.21. The lowest BCUT2D eigenvalue weighted by Gasteiger charge is -2.15. The summed E-state index contributed by atoms with van der Waals surface area (Å²) in [5, 5.41) is 3.44. The van der Waals surface area contributed by atoms with Crippen molar-refractivity contribution in [3.63, 3.8) is 0 Å². The Morgan fingerprint density at radius 1 is 1.17 bits per heavy atom. The summed E-state index contributed by atoms with van der Waals surface area (Å²) in [7, 11) is 0. The van der Waals surface area contributed by atoms with Crippen LogP contribution in [0.5, 0.6) is 5.75 Å². The first-order chi connectivity index (χ1) is 11.3. The van der Waals surface area contributed by atoms with Crippen LogP contribution >= 0.6 is 0 Å². The quantitative estimate of drug-likeness (QED) is 0.636. The fraction of sp³-hybridized carbons (Fsp3) is 0.632. The lowest BCUT2D eigenvalue weighted by atomic mass is 10.2. The van der Waals surface area contributed by atoms with Crippen LogP contribution in [0.15, 0.2) is 24.3 Å². The number of carbonyl (C=O) groups excluding carboxylic acids is 1. The van der Waals surface area contributed by atoms with E-state index in [1.54, 1.807) is 0 Å². The van der Waals surface area contributed by atoms with E-state index in [1.807, 2.05) is 17.0 Å². The fourth-order valence-corrected chi connectivity index (χ4v) is 2.81. The van der Waals surface area contributed by atoms with Gasteiger partial charge >= 0.3 is 0 Å². The molecule has 23 heavy (non-hydrogen) atoms. The molecule has 0 spiro atoms. The summed E-state index contributed by atoms with van der Waals surface area (Å²) in [5.41, 5.74) is 1.27. The van der Waals surface area contributed by atoms with Crippen molar-refractivity contribution >= 4 is 5.91 Å². The van der Waals surface area contributed by atoms with Crippen molar-refractivity contribution in [3.05, 3.63) is 29.8 Å². The van der Waals surface area contributed by atoms with Gasteiger partial charge in [-0.05, 0) is 43.5 Å². The Balaban J connectivity index is 1.56. The number of amides is 1. The second-order valence-electron chi connectivity index (χ2n) is 6.21. The molecule has 1 aliphatic heterocycles. The second kappa shape index (κ2) is 10.3. The van der Waals surface area contributed by atoms with Crippen LogP contribution < -0.4 is 10.1 Å². The van der Waals surface area contributed by atoms with E-state index in [0.29, 0.717) is 5.91 Å². The third-order valence-corrected chi connectivity index (χ3v) is 4.22. The summed E-state index contributed by atoms with van der Waals surface area (Å²) in [6, 6.07) is 8.33. The van der Waals surface area contributed by atoms with Gasteiger partial charge in [-0.2, -0.15) is 0 Å². The van der Waals surface area contributed by atoms with Crippen LogP contribution in [0.1, 0.15) is 51.0 Å². The van der Waals surface area contributed by atoms with Crippen LogP contribution in [-0.4, -0.2) is 37.0 Å². The molecule has 1 aromatic rings. The Labute approximate surface area is 140 Å². The van der Waals surface area contributed by atoms with Crippen molar-refractivity contribution in [2.24, 2.45) is 0 Å². The highest BCUT2D eigenvalue weighted by atomic mass is 16.5. The molecule has 0 unspecified atom stereocenters. The summed E-state index contributed by atoms with van der Waals surface area (Å²) in [6.45, 7) is 6.64. The number of nitrogens with zero attached hydrogens (tertiary/aromatic N) is 1. The number of nitrogens with one attached hydrogen (secondary N) is 1. The minimum Gasteiger partial charge on any atom is -0.494 e. The number of unbranched alkanes of at least 4 members (excludes halogenated alkanes) is 2. The smallest absolute Gasteiger partial charge is 0.222 e. The molecule has 1 N–H and O–H groups in total. The molecule has 1 aromatic carbocycles. The van der Waals surface area contributed by atoms with Gasteiger partial charge in [-0.25, -0.2) is 0 Å². The Morgan fingerprint density at radius 2 is 2.00 bits per heavy atom. The third kappa shape index (κ3) is 6.61. The molecule has 1 saturated heterocycles. The zero-order chi connectivity index (χ0) is 16.3. The van der Waals surface area contributed by atoms with Gasteiger partial charge in [0.05, 0.1) is 6.61 Å². The molecule has 1 heterocycles. The molecule has 2 rings (SSSR count). The van der Waals surface area contributed by atoms with E-state index in [9.17, 15) is 4.79 Å². The maximum atomic E-state index is 11.5. The van der Waals surface area contributed by atoms with Gasteiger partial charge in [0.15, 0.2) is 0 Å². The standard InChI is InChI=1S/C19H30N2O2/c1-2-3-4-15-23-18-10-8-17(9-11-18)16-20-12-6-14-21-13-5-7-19(21)22/h8-11,20H,2-7,12-16H2,1H3. The van der Waals surface area contributed by atoms with E-state index in [0.717, 1.165) is 64.2 Å². The van der Waals surface area contributed by atoms with Crippen LogP contribution in [0.3, 0.4) is 0 Å². The molecule has 0 atom stereocenters. The Hall–Kier alpha value is -1.55. The van der Waals surface area contributed by atoms with Crippen molar-refractivity contribution < 1.29 is 9.53 Å². The van der Waals surface area contributed by atoms with Crippen molar-refractivity contribution in [1.82, 2.24) is 10.2 Å². The van der Waals surface area contributed by atoms with Gasteiger partial charge in [-0.1, -0.05) is 31.9 Å². The molecule has 128 valence electrons. The molecule has 4 nitrogen and oxygen atoms in total. The first-order valence-corrected chi connectivity index (χ1v) is 9.00. The lowest BCUT2D eigenvalue weighted by molar-refractivity contribution is -0.127. The Morgan fingerprint density at radius 3 is 2.70 bits per heavy atom. The molecule has 0 bridgehead atoms. The van der Waals surface area contributed by atoms with E-state index in [-0.39, 0.29) is 0 Å². The monoisotopic (exact) mass is 318 g/mol. The van der Waals surface area contributed by atoms with Gasteiger partial charge in [0, 0.05) is 26.1 Å². The SMILES string of the molecule is CCCCCOc1ccc(CNCCCN2CCCC2=O)cc1. The van der Waals surface area contributed by atoms with Crippen molar-refractivity contribution in [2.45, 2.75) is 52.0 Å². The number of ether oxygens (including phenoxy) is 1. The molecule has 1 amide bonds. The lowest BCUT2D eigenvalue weighted by Crippen LogP contribution is -2.28. The highest BCUT2D eigenvalue weighted by Gasteiger charge is 2.18. The number of carbonyl (C=O) groups is 1. The molecule has 1 fully saturated rings. The van der Waals surface area contributed by atoms with Crippen LogP contribution in [0.2, 0.25) is 0 Å². The molecule has 0 radical (unpaired) electrons. The van der Waals surface area contributed by atoms with E-state index in [4.69, 9.17) is 4.74 Å². The van der Waals surface area contributed by atoms with E-state index in [1.165, 1.54) is 18.4 Å². The zero-order valence-corrected chi connectivity index (χ0v) is 14.4. The number of hydrogen-bond acceptors (Lipinski definition) is 3. The van der Waals surface area contributed by atoms with E-state index >= 15 is 0 Å². The van der Waals surface area contributed by atoms with Gasteiger partial charge in [-0.15, -0.1) is 0 Å². The van der Waals surface area contributed by atoms with Gasteiger partial charge in [0.25, 0.3) is 0 Å². The normalized spacial score (nSPS) is 14.5. The largest absolute Gasteiger partial charge is 0.494 e. The Kier molecular flexibility index (Phi) is 7.95. The first-order valence-electron chi connectivity index (χ1n) is 9.00. The molecular weight excluding hydrogens is 288 g/mol. The van der Waals surface area contributed by atoms with Gasteiger partial charge in [0.1, 0.15) is 5.75 Å². The Bertz CT molecular complexity index is 459. The summed E-state index contributed by atoms with van der Waals surface area (Å²) < 4.78 is 5.72. The predicted octanol–water partition coefficient (Wildman–Crippen LogP) is 3.36. The summed E-state index contributed by atoms with van der Waals surface area (Å²) in [4.78, 5) is 13.5. The summed E-state index contributed by atoms with van der Waals surface area (Å²) >= 11 is 0. The fourth-order valence-electron chi connectivity index (χ4n) is 2.81. The molecular formula is C19H30N2O2. The average molecular weight is 318 g/mol. The maximum absolute atomic E-state index is 11.5. The molecule has 0 aliphatic carbocycles. The average Bonchev–Trinajstić information content (AvgIpc) is 2.98. The molecule has 4 heteroatoms. The van der Waals surface area contributed by atoms with Crippen LogP contribution in [0.4, 0.5) is 0 Å². The van der Waals surface area contributed by atoms with E-state index in [2.05, 4.69) is 24.4 Å². The third-order valence-electron chi connectivity index (χ3n) is 4.22. The minimum absolute atomic E-state index is 0.319. The van der Waals surface area contributed by atoms with Crippen molar-refractivity contribution in [2.75, 3.05) is 26.2 Å². The number of benzene rings is 1. The number of hydrogen-bond donors (Lipinski definition) is 1. The highest BCUT2D eigenvalue weighted by Crippen LogP contribution is 2.13. The molecule has 0 aromatic heterocycles. The first kappa shape index (κ1) is 17.8. The summed E-state index contributed by atoms with van der Waals surface area (Å²) in [5.74, 6) is 1.27. The predicted molar refractivity (Wildman–Crippen MR) is 93.6 cm³/mol. The summed E-state index contributed by atoms with van der Waals surface area (Å²) in [6.07, 6.45) is 6.36. The topological polar surface area (TPSA) is 41.6 Å². The van der Waals surface area contributed by atoms with E-state index < -0.39 is 0 Å². The van der Waals surface area contributed by atoms with Crippen LogP contribution in [-0.2, 0) is 11.3 Å².